The van der Waals surface area contributed by atoms with Crippen molar-refractivity contribution in [2.75, 3.05) is 11.9 Å². The van der Waals surface area contributed by atoms with Crippen molar-refractivity contribution in [2.45, 2.75) is 0 Å². The van der Waals surface area contributed by atoms with Crippen LogP contribution in [0.5, 0.6) is 5.75 Å². The number of nitrogens with zero attached hydrogens (tertiary/aromatic N) is 1. The first-order valence-electron chi connectivity index (χ1n) is 7.85. The van der Waals surface area contributed by atoms with Crippen LogP contribution < -0.4 is 10.1 Å². The number of benzene rings is 2. The van der Waals surface area contributed by atoms with Gasteiger partial charge in [0.05, 0.1) is 5.56 Å². The van der Waals surface area contributed by atoms with Gasteiger partial charge in [0.25, 0.3) is 5.91 Å². The van der Waals surface area contributed by atoms with Crippen molar-refractivity contribution >= 4 is 35.2 Å². The van der Waals surface area contributed by atoms with Crippen LogP contribution in [0.25, 0.3) is 6.08 Å². The van der Waals surface area contributed by atoms with E-state index in [2.05, 4.69) is 5.32 Å². The second-order valence-corrected chi connectivity index (χ2v) is 6.13. The highest BCUT2D eigenvalue weighted by atomic mass is 35.5. The Morgan fingerprint density at radius 1 is 1.22 bits per heavy atom. The molecule has 0 unspecified atom stereocenters. The fourth-order valence-corrected chi connectivity index (χ4v) is 2.66. The normalized spacial score (nSPS) is 12.9. The first-order valence-corrected chi connectivity index (χ1v) is 8.23. The summed E-state index contributed by atoms with van der Waals surface area (Å²) < 4.78 is 5.60. The molecule has 7 heteroatoms. The van der Waals surface area contributed by atoms with E-state index in [-0.39, 0.29) is 17.7 Å². The van der Waals surface area contributed by atoms with Crippen LogP contribution in [-0.2, 0) is 4.79 Å². The number of carbonyl (C=O) groups excluding carboxylic acids is 1. The lowest BCUT2D eigenvalue weighted by molar-refractivity contribution is -0.112. The average molecular weight is 381 g/mol. The predicted molar refractivity (Wildman–Crippen MR) is 101 cm³/mol. The lowest BCUT2D eigenvalue weighted by atomic mass is 10.0. The van der Waals surface area contributed by atoms with Gasteiger partial charge >= 0.3 is 5.97 Å². The molecule has 1 amide bonds. The molecule has 27 heavy (non-hydrogen) atoms. The summed E-state index contributed by atoms with van der Waals surface area (Å²) >= 11 is 5.98. The monoisotopic (exact) mass is 380 g/mol. The number of halogens is 1. The Hall–Kier alpha value is -3.56. The van der Waals surface area contributed by atoms with Gasteiger partial charge in [-0.3, -0.25) is 4.79 Å². The number of anilines is 1. The van der Waals surface area contributed by atoms with E-state index in [9.17, 15) is 14.9 Å². The summed E-state index contributed by atoms with van der Waals surface area (Å²) in [6.45, 7) is 0.223. The Morgan fingerprint density at radius 2 is 1.96 bits per heavy atom. The SMILES string of the molecule is N#C/C(=C/C1=Cc2cc(Cl)ccc2OC1)C(=O)Nc1ccc(C(=O)O)cc1. The number of carboxylic acids is 1. The maximum atomic E-state index is 12.3. The topological polar surface area (TPSA) is 99.4 Å². The summed E-state index contributed by atoms with van der Waals surface area (Å²) in [5.74, 6) is -0.980. The minimum atomic E-state index is -1.06. The number of aromatic carboxylic acids is 1. The third kappa shape index (κ3) is 4.35. The van der Waals surface area contributed by atoms with Crippen LogP contribution >= 0.6 is 11.6 Å². The first kappa shape index (κ1) is 18.2. The molecule has 1 aliphatic rings. The van der Waals surface area contributed by atoms with Gasteiger partial charge < -0.3 is 15.2 Å². The van der Waals surface area contributed by atoms with E-state index in [1.165, 1.54) is 30.3 Å². The van der Waals surface area contributed by atoms with E-state index >= 15 is 0 Å². The number of hydrogen-bond acceptors (Lipinski definition) is 4. The van der Waals surface area contributed by atoms with Crippen LogP contribution in [0.15, 0.2) is 59.7 Å². The van der Waals surface area contributed by atoms with Gasteiger partial charge in [-0.15, -0.1) is 0 Å². The molecule has 6 nitrogen and oxygen atoms in total. The standard InChI is InChI=1S/C20H13ClN2O4/c21-16-3-6-18-14(9-16)7-12(11-27-18)8-15(10-22)19(24)23-17-4-1-13(2-5-17)20(25)26/h1-9H,11H2,(H,23,24)(H,25,26)/b15-8-. The molecule has 2 N–H and O–H groups in total. The van der Waals surface area contributed by atoms with Crippen molar-refractivity contribution in [3.05, 3.63) is 75.8 Å². The van der Waals surface area contributed by atoms with Crippen LogP contribution in [-0.4, -0.2) is 23.6 Å². The molecule has 0 saturated heterocycles. The highest BCUT2D eigenvalue weighted by Gasteiger charge is 2.15. The Kier molecular flexibility index (Phi) is 5.25. The van der Waals surface area contributed by atoms with Gasteiger partial charge in [0, 0.05) is 16.3 Å². The third-order valence-electron chi connectivity index (χ3n) is 3.79. The summed E-state index contributed by atoms with van der Waals surface area (Å²) in [5, 5.41) is 21.3. The Balaban J connectivity index is 1.79. The van der Waals surface area contributed by atoms with Crippen LogP contribution in [0.3, 0.4) is 0 Å². The van der Waals surface area contributed by atoms with Crippen molar-refractivity contribution in [3.8, 4) is 11.8 Å². The number of nitriles is 1. The molecular formula is C20H13ClN2O4. The molecule has 2 aromatic rings. The van der Waals surface area contributed by atoms with E-state index < -0.39 is 11.9 Å². The molecule has 0 fully saturated rings. The predicted octanol–water partition coefficient (Wildman–Crippen LogP) is 3.90. The fourth-order valence-electron chi connectivity index (χ4n) is 2.48. The van der Waals surface area contributed by atoms with Crippen LogP contribution in [0.4, 0.5) is 5.69 Å². The van der Waals surface area contributed by atoms with Gasteiger partial charge in [-0.25, -0.2) is 4.79 Å². The van der Waals surface area contributed by atoms with Crippen molar-refractivity contribution in [3.63, 3.8) is 0 Å². The number of amides is 1. The third-order valence-corrected chi connectivity index (χ3v) is 4.03. The number of ether oxygens (including phenoxy) is 1. The molecule has 0 atom stereocenters. The van der Waals surface area contributed by atoms with Crippen molar-refractivity contribution < 1.29 is 19.4 Å². The van der Waals surface area contributed by atoms with E-state index in [1.54, 1.807) is 24.3 Å². The molecule has 0 aromatic heterocycles. The molecule has 0 radical (unpaired) electrons. The highest BCUT2D eigenvalue weighted by Crippen LogP contribution is 2.29. The largest absolute Gasteiger partial charge is 0.488 e. The number of fused-ring (bicyclic) bond motifs is 1. The summed E-state index contributed by atoms with van der Waals surface area (Å²) in [6.07, 6.45) is 3.25. The second-order valence-electron chi connectivity index (χ2n) is 5.70. The zero-order chi connectivity index (χ0) is 19.4. The molecule has 1 heterocycles. The van der Waals surface area contributed by atoms with E-state index in [0.717, 1.165) is 5.56 Å². The maximum absolute atomic E-state index is 12.3. The maximum Gasteiger partial charge on any atom is 0.335 e. The minimum absolute atomic E-state index is 0.0994. The minimum Gasteiger partial charge on any atom is -0.488 e. The van der Waals surface area contributed by atoms with Crippen LogP contribution in [0.1, 0.15) is 15.9 Å². The smallest absolute Gasteiger partial charge is 0.335 e. The molecule has 0 aliphatic carbocycles. The Labute approximate surface area is 159 Å². The summed E-state index contributed by atoms with van der Waals surface area (Å²) in [6, 6.07) is 12.7. The van der Waals surface area contributed by atoms with Crippen molar-refractivity contribution in [1.29, 1.82) is 5.26 Å². The van der Waals surface area contributed by atoms with Crippen LogP contribution in [0.2, 0.25) is 5.02 Å². The van der Waals surface area contributed by atoms with Gasteiger partial charge in [-0.1, -0.05) is 11.6 Å². The molecule has 3 rings (SSSR count). The van der Waals surface area contributed by atoms with E-state index in [0.29, 0.717) is 22.0 Å². The number of nitrogens with one attached hydrogen (secondary N) is 1. The molecule has 0 bridgehead atoms. The van der Waals surface area contributed by atoms with Crippen LogP contribution in [0, 0.1) is 11.3 Å². The molecule has 134 valence electrons. The summed E-state index contributed by atoms with van der Waals surface area (Å²) in [5.41, 5.74) is 1.81. The molecule has 0 spiro atoms. The van der Waals surface area contributed by atoms with E-state index in [4.69, 9.17) is 21.4 Å². The zero-order valence-electron chi connectivity index (χ0n) is 13.9. The first-order chi connectivity index (χ1) is 13.0. The average Bonchev–Trinajstić information content (AvgIpc) is 2.66. The van der Waals surface area contributed by atoms with Gasteiger partial charge in [0.1, 0.15) is 24.0 Å². The van der Waals surface area contributed by atoms with Gasteiger partial charge in [0.15, 0.2) is 0 Å². The van der Waals surface area contributed by atoms with Gasteiger partial charge in [0.2, 0.25) is 0 Å². The molecule has 0 saturated carbocycles. The van der Waals surface area contributed by atoms with Crippen molar-refractivity contribution in [1.82, 2.24) is 0 Å². The fraction of sp³-hybridized carbons (Fsp3) is 0.0500. The lowest BCUT2D eigenvalue weighted by Gasteiger charge is -2.16. The lowest BCUT2D eigenvalue weighted by Crippen LogP contribution is -2.15. The number of hydrogen-bond donors (Lipinski definition) is 2. The second kappa shape index (κ2) is 7.77. The molecule has 2 aromatic carbocycles. The quantitative estimate of drug-likeness (QED) is 0.619. The van der Waals surface area contributed by atoms with Crippen molar-refractivity contribution in [2.24, 2.45) is 0 Å². The Morgan fingerprint density at radius 3 is 2.63 bits per heavy atom. The van der Waals surface area contributed by atoms with Gasteiger partial charge in [-0.2, -0.15) is 5.26 Å². The summed E-state index contributed by atoms with van der Waals surface area (Å²) in [4.78, 5) is 23.2. The zero-order valence-corrected chi connectivity index (χ0v) is 14.7. The molecular weight excluding hydrogens is 368 g/mol. The number of carboxylic acid groups (broad SMARTS) is 1. The van der Waals surface area contributed by atoms with E-state index in [1.807, 2.05) is 6.07 Å². The Bertz CT molecular complexity index is 1020. The summed E-state index contributed by atoms with van der Waals surface area (Å²) in [7, 11) is 0. The number of carbonyl (C=O) groups is 2. The number of rotatable bonds is 4. The van der Waals surface area contributed by atoms with Gasteiger partial charge in [-0.05, 0) is 60.2 Å². The molecule has 1 aliphatic heterocycles. The highest BCUT2D eigenvalue weighted by molar-refractivity contribution is 6.30.